The summed E-state index contributed by atoms with van der Waals surface area (Å²) in [6.45, 7) is 5.93. The van der Waals surface area contributed by atoms with Crippen LogP contribution in [0.1, 0.15) is 32.4 Å². The first kappa shape index (κ1) is 13.4. The number of carbonyl (C=O) groups is 2. The van der Waals surface area contributed by atoms with Crippen molar-refractivity contribution in [3.63, 3.8) is 0 Å². The predicted octanol–water partition coefficient (Wildman–Crippen LogP) is 2.45. The maximum absolute atomic E-state index is 11.4. The average Bonchev–Trinajstić information content (AvgIpc) is 2.33. The largest absolute Gasteiger partial charge is 0.449 e. The van der Waals surface area contributed by atoms with Crippen LogP contribution in [0.5, 0.6) is 0 Å². The number of alkyl carbamates (subject to hydrolysis) is 1. The molecule has 1 aromatic rings. The topological polar surface area (TPSA) is 67.4 Å². The molecule has 5 heteroatoms. The van der Waals surface area contributed by atoms with Gasteiger partial charge in [-0.3, -0.25) is 4.79 Å². The lowest BCUT2D eigenvalue weighted by molar-refractivity contribution is -0.114. The van der Waals surface area contributed by atoms with E-state index in [0.717, 1.165) is 11.3 Å². The van der Waals surface area contributed by atoms with Crippen molar-refractivity contribution in [3.05, 3.63) is 29.8 Å². The summed E-state index contributed by atoms with van der Waals surface area (Å²) in [7, 11) is 0. The highest BCUT2D eigenvalue weighted by atomic mass is 16.6. The number of hydrogen-bond donors (Lipinski definition) is 2. The van der Waals surface area contributed by atoms with Crippen molar-refractivity contribution in [1.29, 1.82) is 0 Å². The molecule has 0 aliphatic carbocycles. The Morgan fingerprint density at radius 1 is 1.37 bits per heavy atom. The van der Waals surface area contributed by atoms with Gasteiger partial charge in [-0.2, -0.15) is 0 Å². The van der Waals surface area contributed by atoms with E-state index in [1.165, 1.54) is 6.92 Å². The van der Waals surface area contributed by atoms with Crippen LogP contribution in [0, 0.1) is 5.41 Å². The molecule has 0 radical (unpaired) electrons. The van der Waals surface area contributed by atoms with Crippen molar-refractivity contribution in [2.75, 3.05) is 11.9 Å². The fourth-order valence-corrected chi connectivity index (χ4v) is 2.19. The Morgan fingerprint density at radius 2 is 2.00 bits per heavy atom. The third kappa shape index (κ3) is 3.05. The molecule has 0 aromatic heterocycles. The summed E-state index contributed by atoms with van der Waals surface area (Å²) in [6.07, 6.45) is -0.393. The smallest absolute Gasteiger partial charge is 0.407 e. The van der Waals surface area contributed by atoms with Gasteiger partial charge in [0.2, 0.25) is 5.91 Å². The Labute approximate surface area is 112 Å². The number of nitrogens with one attached hydrogen (secondary N) is 2. The quantitative estimate of drug-likeness (QED) is 0.860. The Kier molecular flexibility index (Phi) is 3.46. The number of cyclic esters (lactones) is 1. The lowest BCUT2D eigenvalue weighted by Crippen LogP contribution is -2.46. The molecule has 1 heterocycles. The molecule has 2 N–H and O–H groups in total. The zero-order valence-electron chi connectivity index (χ0n) is 11.3. The average molecular weight is 262 g/mol. The molecule has 0 saturated carbocycles. The number of amides is 2. The van der Waals surface area contributed by atoms with E-state index in [4.69, 9.17) is 4.74 Å². The molecule has 102 valence electrons. The van der Waals surface area contributed by atoms with Crippen LogP contribution in [-0.4, -0.2) is 18.6 Å². The number of benzene rings is 1. The van der Waals surface area contributed by atoms with E-state index in [2.05, 4.69) is 10.6 Å². The number of rotatable bonds is 2. The highest BCUT2D eigenvalue weighted by Gasteiger charge is 2.37. The normalized spacial score (nSPS) is 21.2. The first-order chi connectivity index (χ1) is 8.88. The summed E-state index contributed by atoms with van der Waals surface area (Å²) >= 11 is 0. The van der Waals surface area contributed by atoms with E-state index in [1.807, 2.05) is 38.1 Å². The molecule has 0 spiro atoms. The summed E-state index contributed by atoms with van der Waals surface area (Å²) in [4.78, 5) is 22.3. The summed E-state index contributed by atoms with van der Waals surface area (Å²) in [5, 5.41) is 5.55. The number of ether oxygens (including phenoxy) is 1. The van der Waals surface area contributed by atoms with Gasteiger partial charge in [0.05, 0.1) is 6.04 Å². The minimum atomic E-state index is -0.393. The van der Waals surface area contributed by atoms with Crippen molar-refractivity contribution >= 4 is 17.7 Å². The van der Waals surface area contributed by atoms with Gasteiger partial charge in [0.25, 0.3) is 0 Å². The minimum Gasteiger partial charge on any atom is -0.449 e. The van der Waals surface area contributed by atoms with Crippen LogP contribution >= 0.6 is 0 Å². The highest BCUT2D eigenvalue weighted by molar-refractivity contribution is 5.88. The molecule has 19 heavy (non-hydrogen) atoms. The third-order valence-electron chi connectivity index (χ3n) is 3.18. The van der Waals surface area contributed by atoms with E-state index in [-0.39, 0.29) is 17.4 Å². The molecule has 1 fully saturated rings. The van der Waals surface area contributed by atoms with Gasteiger partial charge in [0, 0.05) is 18.0 Å². The molecule has 2 rings (SSSR count). The van der Waals surface area contributed by atoms with Gasteiger partial charge < -0.3 is 15.4 Å². The monoisotopic (exact) mass is 262 g/mol. The van der Waals surface area contributed by atoms with Crippen LogP contribution in [-0.2, 0) is 9.53 Å². The number of hydrogen-bond acceptors (Lipinski definition) is 3. The SMILES string of the molecule is CC(=O)Nc1ccc([C@H]2NC(=O)OCC2(C)C)cc1. The Morgan fingerprint density at radius 3 is 2.58 bits per heavy atom. The molecule has 1 aromatic carbocycles. The minimum absolute atomic E-state index is 0.0971. The summed E-state index contributed by atoms with van der Waals surface area (Å²) < 4.78 is 5.01. The van der Waals surface area contributed by atoms with Crippen molar-refractivity contribution in [2.24, 2.45) is 5.41 Å². The number of anilines is 1. The fraction of sp³-hybridized carbons (Fsp3) is 0.429. The van der Waals surface area contributed by atoms with Gasteiger partial charge in [-0.25, -0.2) is 4.79 Å². The van der Waals surface area contributed by atoms with Gasteiger partial charge in [0.15, 0.2) is 0 Å². The standard InChI is InChI=1S/C14H18N2O3/c1-9(17)15-11-6-4-10(5-7-11)12-14(2,3)8-19-13(18)16-12/h4-7,12H,8H2,1-3H3,(H,15,17)(H,16,18)/t12-/m1/s1. The van der Waals surface area contributed by atoms with Gasteiger partial charge in [0.1, 0.15) is 6.61 Å². The Balaban J connectivity index is 2.20. The maximum atomic E-state index is 11.4. The number of carbonyl (C=O) groups excluding carboxylic acids is 2. The van der Waals surface area contributed by atoms with E-state index in [9.17, 15) is 9.59 Å². The summed E-state index contributed by atoms with van der Waals surface area (Å²) in [5.41, 5.74) is 1.56. The van der Waals surface area contributed by atoms with Crippen LogP contribution in [0.3, 0.4) is 0 Å². The predicted molar refractivity (Wildman–Crippen MR) is 71.8 cm³/mol. The zero-order chi connectivity index (χ0) is 14.0. The Bertz CT molecular complexity index is 494. The molecule has 1 saturated heterocycles. The van der Waals surface area contributed by atoms with Crippen LogP contribution in [0.4, 0.5) is 10.5 Å². The second-order valence-corrected chi connectivity index (χ2v) is 5.45. The first-order valence-electron chi connectivity index (χ1n) is 6.19. The highest BCUT2D eigenvalue weighted by Crippen LogP contribution is 2.36. The molecule has 5 nitrogen and oxygen atoms in total. The molecular formula is C14H18N2O3. The van der Waals surface area contributed by atoms with Crippen LogP contribution in [0.2, 0.25) is 0 Å². The van der Waals surface area contributed by atoms with Crippen molar-refractivity contribution in [3.8, 4) is 0 Å². The zero-order valence-corrected chi connectivity index (χ0v) is 11.3. The molecule has 1 atom stereocenters. The molecule has 2 amide bonds. The summed E-state index contributed by atoms with van der Waals surface area (Å²) in [6, 6.07) is 7.37. The second kappa shape index (κ2) is 4.91. The van der Waals surface area contributed by atoms with Gasteiger partial charge in [-0.15, -0.1) is 0 Å². The fourth-order valence-electron chi connectivity index (χ4n) is 2.19. The Hall–Kier alpha value is -2.04. The second-order valence-electron chi connectivity index (χ2n) is 5.45. The van der Waals surface area contributed by atoms with Crippen LogP contribution in [0.25, 0.3) is 0 Å². The third-order valence-corrected chi connectivity index (χ3v) is 3.18. The first-order valence-corrected chi connectivity index (χ1v) is 6.19. The van der Waals surface area contributed by atoms with E-state index in [0.29, 0.717) is 6.61 Å². The molecule has 1 aliphatic heterocycles. The molecule has 0 bridgehead atoms. The summed E-state index contributed by atoms with van der Waals surface area (Å²) in [5.74, 6) is -0.104. The van der Waals surface area contributed by atoms with E-state index >= 15 is 0 Å². The van der Waals surface area contributed by atoms with Crippen LogP contribution < -0.4 is 10.6 Å². The lowest BCUT2D eigenvalue weighted by atomic mass is 9.80. The van der Waals surface area contributed by atoms with Gasteiger partial charge in [-0.05, 0) is 17.7 Å². The van der Waals surface area contributed by atoms with E-state index < -0.39 is 6.09 Å². The lowest BCUT2D eigenvalue weighted by Gasteiger charge is -2.38. The van der Waals surface area contributed by atoms with Crippen molar-refractivity contribution in [1.82, 2.24) is 5.32 Å². The molecule has 1 aliphatic rings. The van der Waals surface area contributed by atoms with Crippen molar-refractivity contribution < 1.29 is 14.3 Å². The molecular weight excluding hydrogens is 244 g/mol. The van der Waals surface area contributed by atoms with Gasteiger partial charge >= 0.3 is 6.09 Å². The molecule has 0 unspecified atom stereocenters. The van der Waals surface area contributed by atoms with E-state index in [1.54, 1.807) is 0 Å². The van der Waals surface area contributed by atoms with Crippen molar-refractivity contribution in [2.45, 2.75) is 26.8 Å². The van der Waals surface area contributed by atoms with Crippen LogP contribution in [0.15, 0.2) is 24.3 Å². The van der Waals surface area contributed by atoms with Gasteiger partial charge in [-0.1, -0.05) is 26.0 Å². The maximum Gasteiger partial charge on any atom is 0.407 e.